The van der Waals surface area contributed by atoms with Crippen molar-refractivity contribution in [3.8, 4) is 17.2 Å². The minimum Gasteiger partial charge on any atom is -0.507 e. The summed E-state index contributed by atoms with van der Waals surface area (Å²) >= 11 is 0. The van der Waals surface area contributed by atoms with Crippen LogP contribution >= 0.6 is 0 Å². The normalized spacial score (nSPS) is 10.6. The fourth-order valence-electron chi connectivity index (χ4n) is 1.23. The second-order valence-electron chi connectivity index (χ2n) is 2.90. The molecule has 0 aromatic heterocycles. The summed E-state index contributed by atoms with van der Waals surface area (Å²) in [5.74, 6) is 1.21. The molecule has 0 atom stereocenters. The minimum absolute atomic E-state index is 0.107. The minimum atomic E-state index is 0.107. The first-order chi connectivity index (χ1) is 7.22. The van der Waals surface area contributed by atoms with Crippen molar-refractivity contribution in [3.05, 3.63) is 23.8 Å². The number of aromatic hydroxyl groups is 1. The first kappa shape index (κ1) is 11.4. The van der Waals surface area contributed by atoms with E-state index in [9.17, 15) is 5.11 Å². The molecule has 0 aliphatic rings. The molecule has 4 heteroatoms. The Labute approximate surface area is 88.9 Å². The molecule has 1 rings (SSSR count). The van der Waals surface area contributed by atoms with E-state index in [1.165, 1.54) is 20.3 Å². The Bertz CT molecular complexity index is 361. The Balaban J connectivity index is 3.18. The SMILES string of the molecule is COc1cc(O)c(C=CCN)c(OC)c1. The molecule has 1 aromatic rings. The molecule has 3 N–H and O–H groups in total. The van der Waals surface area contributed by atoms with E-state index in [2.05, 4.69) is 0 Å². The van der Waals surface area contributed by atoms with Crippen molar-refractivity contribution in [2.45, 2.75) is 0 Å². The van der Waals surface area contributed by atoms with Gasteiger partial charge in [-0.1, -0.05) is 12.2 Å². The largest absolute Gasteiger partial charge is 0.507 e. The summed E-state index contributed by atoms with van der Waals surface area (Å²) in [6, 6.07) is 3.23. The standard InChI is InChI=1S/C11H15NO3/c1-14-8-6-10(13)9(4-3-5-12)11(7-8)15-2/h3-4,6-7,13H,5,12H2,1-2H3. The van der Waals surface area contributed by atoms with Gasteiger partial charge in [0.15, 0.2) is 0 Å². The molecule has 0 saturated heterocycles. The van der Waals surface area contributed by atoms with Crippen LogP contribution in [-0.2, 0) is 0 Å². The predicted octanol–water partition coefficient (Wildman–Crippen LogP) is 1.38. The second-order valence-corrected chi connectivity index (χ2v) is 2.90. The average Bonchev–Trinajstić information content (AvgIpc) is 2.26. The molecule has 82 valence electrons. The maximum Gasteiger partial charge on any atom is 0.133 e. The summed E-state index contributed by atoms with van der Waals surface area (Å²) in [6.07, 6.45) is 3.46. The van der Waals surface area contributed by atoms with Gasteiger partial charge < -0.3 is 20.3 Å². The molecule has 4 nitrogen and oxygen atoms in total. The van der Waals surface area contributed by atoms with Gasteiger partial charge in [0.1, 0.15) is 17.2 Å². The summed E-state index contributed by atoms with van der Waals surface area (Å²) in [4.78, 5) is 0. The summed E-state index contributed by atoms with van der Waals surface area (Å²) in [7, 11) is 3.07. The van der Waals surface area contributed by atoms with Crippen molar-refractivity contribution < 1.29 is 14.6 Å². The number of phenolic OH excluding ortho intramolecular Hbond substituents is 1. The summed E-state index contributed by atoms with van der Waals surface area (Å²) in [6.45, 7) is 0.411. The summed E-state index contributed by atoms with van der Waals surface area (Å²) in [5.41, 5.74) is 5.94. The molecule has 0 spiro atoms. The lowest BCUT2D eigenvalue weighted by Gasteiger charge is -2.09. The topological polar surface area (TPSA) is 64.7 Å². The maximum atomic E-state index is 9.71. The lowest BCUT2D eigenvalue weighted by atomic mass is 10.1. The lowest BCUT2D eigenvalue weighted by Crippen LogP contribution is -1.94. The monoisotopic (exact) mass is 209 g/mol. The Morgan fingerprint density at radius 3 is 2.60 bits per heavy atom. The highest BCUT2D eigenvalue weighted by atomic mass is 16.5. The number of methoxy groups -OCH3 is 2. The molecule has 0 radical (unpaired) electrons. The van der Waals surface area contributed by atoms with E-state index in [0.29, 0.717) is 23.6 Å². The van der Waals surface area contributed by atoms with Gasteiger partial charge in [-0.25, -0.2) is 0 Å². The number of phenols is 1. The third-order valence-electron chi connectivity index (χ3n) is 1.97. The van der Waals surface area contributed by atoms with Crippen LogP contribution in [0.15, 0.2) is 18.2 Å². The predicted molar refractivity (Wildman–Crippen MR) is 59.3 cm³/mol. The molecule has 0 heterocycles. The molecule has 0 amide bonds. The third-order valence-corrected chi connectivity index (χ3v) is 1.97. The van der Waals surface area contributed by atoms with Gasteiger partial charge in [-0.3, -0.25) is 0 Å². The van der Waals surface area contributed by atoms with Crippen LogP contribution in [0.5, 0.6) is 17.2 Å². The van der Waals surface area contributed by atoms with Gasteiger partial charge in [0.2, 0.25) is 0 Å². The molecule has 0 unspecified atom stereocenters. The van der Waals surface area contributed by atoms with E-state index >= 15 is 0 Å². The highest BCUT2D eigenvalue weighted by molar-refractivity contribution is 5.66. The van der Waals surface area contributed by atoms with Gasteiger partial charge in [0, 0.05) is 18.7 Å². The highest BCUT2D eigenvalue weighted by Crippen LogP contribution is 2.33. The van der Waals surface area contributed by atoms with E-state index in [-0.39, 0.29) is 5.75 Å². The maximum absolute atomic E-state index is 9.71. The molecule has 0 fully saturated rings. The number of hydrogen-bond donors (Lipinski definition) is 2. The molecular weight excluding hydrogens is 194 g/mol. The van der Waals surface area contributed by atoms with E-state index in [1.807, 2.05) is 0 Å². The number of rotatable bonds is 4. The van der Waals surface area contributed by atoms with Crippen molar-refractivity contribution >= 4 is 6.08 Å². The Kier molecular flexibility index (Phi) is 4.00. The van der Waals surface area contributed by atoms with Crippen molar-refractivity contribution in [1.29, 1.82) is 0 Å². The molecule has 0 saturated carbocycles. The third kappa shape index (κ3) is 2.63. The average molecular weight is 209 g/mol. The van der Waals surface area contributed by atoms with Crippen LogP contribution in [0.3, 0.4) is 0 Å². The van der Waals surface area contributed by atoms with E-state index in [1.54, 1.807) is 18.2 Å². The van der Waals surface area contributed by atoms with Crippen molar-refractivity contribution in [3.63, 3.8) is 0 Å². The first-order valence-corrected chi connectivity index (χ1v) is 4.54. The molecular formula is C11H15NO3. The fraction of sp³-hybridized carbons (Fsp3) is 0.273. The number of hydrogen-bond acceptors (Lipinski definition) is 4. The molecule has 0 aliphatic carbocycles. The van der Waals surface area contributed by atoms with Crippen molar-refractivity contribution in [2.75, 3.05) is 20.8 Å². The van der Waals surface area contributed by atoms with Crippen LogP contribution in [0.25, 0.3) is 6.08 Å². The first-order valence-electron chi connectivity index (χ1n) is 4.54. The van der Waals surface area contributed by atoms with Crippen LogP contribution in [0.2, 0.25) is 0 Å². The number of ether oxygens (including phenoxy) is 2. The molecule has 0 aliphatic heterocycles. The molecule has 0 bridgehead atoms. The summed E-state index contributed by atoms with van der Waals surface area (Å²) < 4.78 is 10.1. The Morgan fingerprint density at radius 2 is 2.07 bits per heavy atom. The molecule has 1 aromatic carbocycles. The lowest BCUT2D eigenvalue weighted by molar-refractivity contribution is 0.384. The number of nitrogens with two attached hydrogens (primary N) is 1. The fourth-order valence-corrected chi connectivity index (χ4v) is 1.23. The smallest absolute Gasteiger partial charge is 0.133 e. The zero-order valence-electron chi connectivity index (χ0n) is 8.86. The van der Waals surface area contributed by atoms with Crippen LogP contribution in [0.4, 0.5) is 0 Å². The summed E-state index contributed by atoms with van der Waals surface area (Å²) in [5, 5.41) is 9.71. The van der Waals surface area contributed by atoms with Crippen LogP contribution in [0, 0.1) is 0 Å². The van der Waals surface area contributed by atoms with Gasteiger partial charge in [-0.2, -0.15) is 0 Å². The van der Waals surface area contributed by atoms with Gasteiger partial charge in [0.05, 0.1) is 19.8 Å². The Morgan fingerprint density at radius 1 is 1.33 bits per heavy atom. The molecule has 15 heavy (non-hydrogen) atoms. The highest BCUT2D eigenvalue weighted by Gasteiger charge is 2.08. The van der Waals surface area contributed by atoms with E-state index < -0.39 is 0 Å². The van der Waals surface area contributed by atoms with Crippen LogP contribution in [0.1, 0.15) is 5.56 Å². The van der Waals surface area contributed by atoms with E-state index in [4.69, 9.17) is 15.2 Å². The van der Waals surface area contributed by atoms with Gasteiger partial charge in [0.25, 0.3) is 0 Å². The van der Waals surface area contributed by atoms with Gasteiger partial charge >= 0.3 is 0 Å². The van der Waals surface area contributed by atoms with Gasteiger partial charge in [-0.15, -0.1) is 0 Å². The van der Waals surface area contributed by atoms with Crippen molar-refractivity contribution in [1.82, 2.24) is 0 Å². The quantitative estimate of drug-likeness (QED) is 0.786. The zero-order chi connectivity index (χ0) is 11.3. The van der Waals surface area contributed by atoms with E-state index in [0.717, 1.165) is 0 Å². The van der Waals surface area contributed by atoms with Crippen LogP contribution in [-0.4, -0.2) is 25.9 Å². The van der Waals surface area contributed by atoms with Crippen LogP contribution < -0.4 is 15.2 Å². The van der Waals surface area contributed by atoms with Gasteiger partial charge in [-0.05, 0) is 0 Å². The Hall–Kier alpha value is -1.68. The van der Waals surface area contributed by atoms with Crippen molar-refractivity contribution in [2.24, 2.45) is 5.73 Å². The zero-order valence-corrected chi connectivity index (χ0v) is 8.86. The second kappa shape index (κ2) is 5.26. The number of benzene rings is 1.